The van der Waals surface area contributed by atoms with Gasteiger partial charge in [0.25, 0.3) is 11.8 Å². The number of fused-ring (bicyclic) bond motifs is 1. The van der Waals surface area contributed by atoms with Gasteiger partial charge in [0.2, 0.25) is 0 Å². The molecule has 5 rings (SSSR count). The Balaban J connectivity index is 1.51. The average Bonchev–Trinajstić information content (AvgIpc) is 3.28. The predicted octanol–water partition coefficient (Wildman–Crippen LogP) is 4.39. The lowest BCUT2D eigenvalue weighted by atomic mass is 10.0. The first-order valence-electron chi connectivity index (χ1n) is 12.9. The number of halogens is 2. The summed E-state index contributed by atoms with van der Waals surface area (Å²) in [4.78, 5) is 53.6. The minimum absolute atomic E-state index is 0.0843. The second-order valence-electron chi connectivity index (χ2n) is 9.58. The van der Waals surface area contributed by atoms with Crippen LogP contribution in [0.4, 0.5) is 0 Å². The van der Waals surface area contributed by atoms with Crippen molar-refractivity contribution in [2.45, 2.75) is 25.9 Å². The van der Waals surface area contributed by atoms with Gasteiger partial charge in [0.05, 0.1) is 22.9 Å². The van der Waals surface area contributed by atoms with E-state index in [1.165, 1.54) is 4.57 Å². The number of amides is 2. The fourth-order valence-electron chi connectivity index (χ4n) is 4.84. The van der Waals surface area contributed by atoms with E-state index in [4.69, 9.17) is 22.1 Å². The lowest BCUT2D eigenvalue weighted by molar-refractivity contribution is -0.119. The highest BCUT2D eigenvalue weighted by molar-refractivity contribution is 9.10. The first-order valence-corrected chi connectivity index (χ1v) is 14.1. The van der Waals surface area contributed by atoms with Crippen LogP contribution in [0, 0.1) is 0 Å². The van der Waals surface area contributed by atoms with Gasteiger partial charge in [0.15, 0.2) is 12.4 Å². The third kappa shape index (κ3) is 6.13. The molecule has 9 nitrogen and oxygen atoms in total. The average molecular weight is 638 g/mol. The summed E-state index contributed by atoms with van der Waals surface area (Å²) in [6.07, 6.45) is 0.676. The molecule has 41 heavy (non-hydrogen) atoms. The molecule has 0 radical (unpaired) electrons. The van der Waals surface area contributed by atoms with E-state index in [0.29, 0.717) is 45.2 Å². The number of nitrogens with two attached hydrogens (primary N) is 1. The van der Waals surface area contributed by atoms with Gasteiger partial charge in [-0.25, -0.2) is 4.79 Å². The van der Waals surface area contributed by atoms with Crippen LogP contribution in [0.2, 0.25) is 5.02 Å². The van der Waals surface area contributed by atoms with Crippen LogP contribution in [0.15, 0.2) is 82.1 Å². The molecule has 4 aromatic rings. The van der Waals surface area contributed by atoms with E-state index in [2.05, 4.69) is 15.9 Å². The fraction of sp³-hybridized carbons (Fsp3) is 0.200. The Labute approximate surface area is 249 Å². The van der Waals surface area contributed by atoms with Crippen LogP contribution in [0.3, 0.4) is 0 Å². The Bertz CT molecular complexity index is 1680. The van der Waals surface area contributed by atoms with Gasteiger partial charge in [-0.1, -0.05) is 41.9 Å². The van der Waals surface area contributed by atoms with E-state index < -0.39 is 5.91 Å². The van der Waals surface area contributed by atoms with Crippen molar-refractivity contribution in [2.24, 2.45) is 5.73 Å². The summed E-state index contributed by atoms with van der Waals surface area (Å²) in [6.45, 7) is 0.328. The molecule has 1 aliphatic rings. The van der Waals surface area contributed by atoms with Crippen molar-refractivity contribution in [3.63, 3.8) is 0 Å². The SMILES string of the molecule is NC(=O)COc1ccc(-n2c(C(=O)CCc3ccccc3)c3n(c2=O)CCN(C(=O)c2ccc(Br)c(Cl)c2)C3)cc1. The molecule has 0 aliphatic carbocycles. The van der Waals surface area contributed by atoms with Gasteiger partial charge >= 0.3 is 5.69 Å². The number of aromatic nitrogens is 2. The second kappa shape index (κ2) is 12.2. The first kappa shape index (κ1) is 28.4. The summed E-state index contributed by atoms with van der Waals surface area (Å²) in [5.74, 6) is -0.674. The summed E-state index contributed by atoms with van der Waals surface area (Å²) in [7, 11) is 0. The number of ketones is 1. The van der Waals surface area contributed by atoms with Crippen LogP contribution < -0.4 is 16.2 Å². The molecule has 0 saturated carbocycles. The van der Waals surface area contributed by atoms with Gasteiger partial charge in [-0.2, -0.15) is 0 Å². The highest BCUT2D eigenvalue weighted by Gasteiger charge is 2.32. The highest BCUT2D eigenvalue weighted by Crippen LogP contribution is 2.27. The van der Waals surface area contributed by atoms with Crippen molar-refractivity contribution < 1.29 is 19.1 Å². The van der Waals surface area contributed by atoms with Crippen molar-refractivity contribution in [1.29, 1.82) is 0 Å². The molecular formula is C30H26BrClN4O5. The van der Waals surface area contributed by atoms with Crippen molar-refractivity contribution in [1.82, 2.24) is 14.0 Å². The minimum Gasteiger partial charge on any atom is -0.484 e. The number of carbonyl (C=O) groups is 3. The zero-order chi connectivity index (χ0) is 29.1. The monoisotopic (exact) mass is 636 g/mol. The molecule has 2 heterocycles. The van der Waals surface area contributed by atoms with Crippen LogP contribution in [-0.2, 0) is 24.3 Å². The van der Waals surface area contributed by atoms with Crippen LogP contribution in [0.25, 0.3) is 5.69 Å². The number of aryl methyl sites for hydroxylation is 1. The first-order chi connectivity index (χ1) is 19.7. The maximum Gasteiger partial charge on any atom is 0.333 e. The Kier molecular flexibility index (Phi) is 8.41. The van der Waals surface area contributed by atoms with E-state index in [1.807, 2.05) is 30.3 Å². The van der Waals surface area contributed by atoms with Crippen molar-refractivity contribution in [3.8, 4) is 11.4 Å². The van der Waals surface area contributed by atoms with Crippen LogP contribution in [0.5, 0.6) is 5.75 Å². The van der Waals surface area contributed by atoms with E-state index >= 15 is 0 Å². The molecule has 0 atom stereocenters. The number of primary amides is 1. The summed E-state index contributed by atoms with van der Waals surface area (Å²) in [5, 5.41) is 0.413. The summed E-state index contributed by atoms with van der Waals surface area (Å²) < 4.78 is 8.98. The zero-order valence-electron chi connectivity index (χ0n) is 21.9. The Hall–Kier alpha value is -4.15. The lowest BCUT2D eigenvalue weighted by Crippen LogP contribution is -2.41. The molecule has 2 N–H and O–H groups in total. The molecule has 210 valence electrons. The minimum atomic E-state index is -0.610. The molecule has 11 heteroatoms. The van der Waals surface area contributed by atoms with Gasteiger partial charge < -0.3 is 15.4 Å². The molecule has 0 bridgehead atoms. The Morgan fingerprint density at radius 1 is 0.976 bits per heavy atom. The third-order valence-electron chi connectivity index (χ3n) is 6.86. The summed E-state index contributed by atoms with van der Waals surface area (Å²) in [5.41, 5.74) is 7.38. The van der Waals surface area contributed by atoms with Gasteiger partial charge in [-0.05, 0) is 70.4 Å². The number of Topliss-reactive ketones (excluding diaryl/α,β-unsaturated/α-hetero) is 1. The van der Waals surface area contributed by atoms with E-state index in [1.54, 1.807) is 51.9 Å². The number of nitrogens with zero attached hydrogens (tertiary/aromatic N) is 3. The molecule has 3 aromatic carbocycles. The van der Waals surface area contributed by atoms with Crippen molar-refractivity contribution in [3.05, 3.63) is 115 Å². The molecule has 2 amide bonds. The molecule has 1 aliphatic heterocycles. The van der Waals surface area contributed by atoms with Gasteiger partial charge in [-0.15, -0.1) is 0 Å². The topological polar surface area (TPSA) is 117 Å². The molecular weight excluding hydrogens is 612 g/mol. The molecule has 0 spiro atoms. The molecule has 0 saturated heterocycles. The number of carbonyl (C=O) groups excluding carboxylic acids is 3. The van der Waals surface area contributed by atoms with E-state index in [0.717, 1.165) is 5.56 Å². The second-order valence-corrected chi connectivity index (χ2v) is 10.8. The summed E-state index contributed by atoms with van der Waals surface area (Å²) >= 11 is 9.57. The highest BCUT2D eigenvalue weighted by atomic mass is 79.9. The zero-order valence-corrected chi connectivity index (χ0v) is 24.2. The van der Waals surface area contributed by atoms with E-state index in [-0.39, 0.29) is 49.2 Å². The third-order valence-corrected chi connectivity index (χ3v) is 8.09. The normalized spacial score (nSPS) is 12.6. The molecule has 0 unspecified atom stereocenters. The number of rotatable bonds is 9. The Morgan fingerprint density at radius 2 is 1.71 bits per heavy atom. The van der Waals surface area contributed by atoms with Gasteiger partial charge in [0, 0.05) is 29.5 Å². The quantitative estimate of drug-likeness (QED) is 0.273. The summed E-state index contributed by atoms with van der Waals surface area (Å²) in [6, 6.07) is 21.1. The Morgan fingerprint density at radius 3 is 2.39 bits per heavy atom. The number of ether oxygens (including phenoxy) is 1. The largest absolute Gasteiger partial charge is 0.484 e. The van der Waals surface area contributed by atoms with Crippen molar-refractivity contribution in [2.75, 3.05) is 13.2 Å². The number of benzene rings is 3. The number of imidazole rings is 1. The number of hydrogen-bond acceptors (Lipinski definition) is 5. The fourth-order valence-corrected chi connectivity index (χ4v) is 5.26. The molecule has 1 aromatic heterocycles. The van der Waals surface area contributed by atoms with Crippen molar-refractivity contribution >= 4 is 45.1 Å². The lowest BCUT2D eigenvalue weighted by Gasteiger charge is -2.28. The molecule has 0 fully saturated rings. The standard InChI is InChI=1S/C30H26BrClN4O5/c31-23-12-7-20(16-24(23)32)29(39)34-14-15-35-25(17-34)28(26(37)13-6-19-4-2-1-3-5-19)36(30(35)40)21-8-10-22(11-9-21)41-18-27(33)38/h1-5,7-12,16H,6,13-15,17-18H2,(H2,33,38). The number of hydrogen-bond donors (Lipinski definition) is 1. The van der Waals surface area contributed by atoms with Crippen LogP contribution in [-0.4, -0.2) is 44.8 Å². The van der Waals surface area contributed by atoms with E-state index in [9.17, 15) is 19.2 Å². The maximum absolute atomic E-state index is 13.8. The smallest absolute Gasteiger partial charge is 0.333 e. The van der Waals surface area contributed by atoms with Crippen LogP contribution in [0.1, 0.15) is 38.5 Å². The van der Waals surface area contributed by atoms with Gasteiger partial charge in [-0.3, -0.25) is 23.5 Å². The maximum atomic E-state index is 13.8. The van der Waals surface area contributed by atoms with Crippen LogP contribution >= 0.6 is 27.5 Å². The predicted molar refractivity (Wildman–Crippen MR) is 158 cm³/mol. The van der Waals surface area contributed by atoms with Gasteiger partial charge in [0.1, 0.15) is 11.4 Å².